The molecule has 134 valence electrons. The molecule has 0 radical (unpaired) electrons. The summed E-state index contributed by atoms with van der Waals surface area (Å²) in [5.74, 6) is 0.535. The third-order valence-corrected chi connectivity index (χ3v) is 5.47. The maximum absolute atomic E-state index is 12.6. The first-order valence-corrected chi connectivity index (χ1v) is 9.96. The number of nitrogens with one attached hydrogen (secondary N) is 1. The number of rotatable bonds is 4. The predicted molar refractivity (Wildman–Crippen MR) is 103 cm³/mol. The van der Waals surface area contributed by atoms with Crippen LogP contribution in [0.3, 0.4) is 0 Å². The Morgan fingerprint density at radius 3 is 2.85 bits per heavy atom. The van der Waals surface area contributed by atoms with Gasteiger partial charge in [0.2, 0.25) is 11.1 Å². The second kappa shape index (κ2) is 6.72. The minimum absolute atomic E-state index is 0.0412. The van der Waals surface area contributed by atoms with E-state index in [2.05, 4.69) is 32.5 Å². The summed E-state index contributed by atoms with van der Waals surface area (Å²) >= 11 is 1.48. The molecule has 1 N–H and O–H groups in total. The van der Waals surface area contributed by atoms with E-state index in [9.17, 15) is 4.79 Å². The monoisotopic (exact) mass is 367 g/mol. The molecule has 0 spiro atoms. The third-order valence-electron chi connectivity index (χ3n) is 4.93. The van der Waals surface area contributed by atoms with Gasteiger partial charge in [-0.2, -0.15) is 4.98 Å². The van der Waals surface area contributed by atoms with Crippen LogP contribution >= 0.6 is 11.8 Å². The van der Waals surface area contributed by atoms with Crippen molar-refractivity contribution in [3.05, 3.63) is 46.3 Å². The number of nitrogens with zero attached hydrogens (tertiary/aromatic N) is 4. The lowest BCUT2D eigenvalue weighted by Gasteiger charge is -2.11. The molecule has 1 aliphatic rings. The number of amides is 1. The highest BCUT2D eigenvalue weighted by Crippen LogP contribution is 2.25. The Morgan fingerprint density at radius 1 is 1.23 bits per heavy atom. The number of aromatic nitrogens is 4. The van der Waals surface area contributed by atoms with E-state index in [0.29, 0.717) is 10.9 Å². The number of anilines is 1. The number of fused-ring (bicyclic) bond motifs is 2. The van der Waals surface area contributed by atoms with Crippen LogP contribution in [-0.2, 0) is 24.1 Å². The van der Waals surface area contributed by atoms with Crippen LogP contribution in [0.1, 0.15) is 34.5 Å². The van der Waals surface area contributed by atoms with E-state index >= 15 is 0 Å². The predicted octanol–water partition coefficient (Wildman–Crippen LogP) is 3.13. The lowest BCUT2D eigenvalue weighted by atomic mass is 10.1. The van der Waals surface area contributed by atoms with Crippen molar-refractivity contribution in [3.63, 3.8) is 0 Å². The normalized spacial score (nSPS) is 13.2. The molecular weight excluding hydrogens is 346 g/mol. The highest BCUT2D eigenvalue weighted by atomic mass is 32.2. The van der Waals surface area contributed by atoms with Crippen molar-refractivity contribution in [2.75, 3.05) is 11.6 Å². The van der Waals surface area contributed by atoms with Gasteiger partial charge in [0.05, 0.1) is 6.42 Å². The van der Waals surface area contributed by atoms with E-state index in [0.717, 1.165) is 35.5 Å². The molecule has 2 heterocycles. The number of benzene rings is 1. The van der Waals surface area contributed by atoms with Gasteiger partial charge in [-0.3, -0.25) is 4.79 Å². The maximum Gasteiger partial charge on any atom is 0.253 e. The number of hydrogen-bond donors (Lipinski definition) is 1. The second-order valence-corrected chi connectivity index (χ2v) is 7.41. The Labute approximate surface area is 156 Å². The molecule has 2 aromatic heterocycles. The molecule has 26 heavy (non-hydrogen) atoms. The fourth-order valence-electron chi connectivity index (χ4n) is 3.55. The molecule has 3 aromatic rings. The molecule has 0 aliphatic heterocycles. The van der Waals surface area contributed by atoms with Gasteiger partial charge < -0.3 is 5.32 Å². The summed E-state index contributed by atoms with van der Waals surface area (Å²) in [6.45, 7) is 3.87. The summed E-state index contributed by atoms with van der Waals surface area (Å²) in [6.07, 6.45) is 5.65. The van der Waals surface area contributed by atoms with Crippen molar-refractivity contribution in [2.24, 2.45) is 0 Å². The first kappa shape index (κ1) is 17.0. The zero-order chi connectivity index (χ0) is 18.3. The number of aryl methyl sites for hydroxylation is 4. The lowest BCUT2D eigenvalue weighted by Crippen LogP contribution is -2.18. The average molecular weight is 367 g/mol. The van der Waals surface area contributed by atoms with Crippen molar-refractivity contribution in [1.29, 1.82) is 0 Å². The first-order chi connectivity index (χ1) is 12.5. The highest BCUT2D eigenvalue weighted by Gasteiger charge is 2.17. The summed E-state index contributed by atoms with van der Waals surface area (Å²) < 4.78 is 1.72. The zero-order valence-electron chi connectivity index (χ0n) is 15.2. The van der Waals surface area contributed by atoms with Gasteiger partial charge in [0.1, 0.15) is 0 Å². The Kier molecular flexibility index (Phi) is 4.40. The third kappa shape index (κ3) is 3.07. The van der Waals surface area contributed by atoms with Crippen molar-refractivity contribution < 1.29 is 4.79 Å². The molecule has 0 unspecified atom stereocenters. The fourth-order valence-corrected chi connectivity index (χ4v) is 3.88. The van der Waals surface area contributed by atoms with Gasteiger partial charge in [-0.15, -0.1) is 5.10 Å². The van der Waals surface area contributed by atoms with E-state index in [1.807, 2.05) is 26.2 Å². The van der Waals surface area contributed by atoms with Gasteiger partial charge in [-0.25, -0.2) is 9.50 Å². The summed E-state index contributed by atoms with van der Waals surface area (Å²) in [5.41, 5.74) is 6.24. The van der Waals surface area contributed by atoms with E-state index < -0.39 is 0 Å². The van der Waals surface area contributed by atoms with Gasteiger partial charge in [0.15, 0.2) is 0 Å². The van der Waals surface area contributed by atoms with Gasteiger partial charge in [-0.05, 0) is 62.6 Å². The van der Waals surface area contributed by atoms with Crippen LogP contribution in [0.2, 0.25) is 0 Å². The first-order valence-electron chi connectivity index (χ1n) is 8.73. The molecule has 1 aromatic carbocycles. The van der Waals surface area contributed by atoms with Crippen molar-refractivity contribution >= 4 is 29.1 Å². The van der Waals surface area contributed by atoms with E-state index in [-0.39, 0.29) is 12.3 Å². The van der Waals surface area contributed by atoms with Crippen LogP contribution in [-0.4, -0.2) is 31.7 Å². The Morgan fingerprint density at radius 2 is 2.04 bits per heavy atom. The molecule has 0 saturated carbocycles. The van der Waals surface area contributed by atoms with E-state index in [1.165, 1.54) is 29.3 Å². The van der Waals surface area contributed by atoms with Crippen LogP contribution in [0.5, 0.6) is 0 Å². The highest BCUT2D eigenvalue weighted by molar-refractivity contribution is 7.98. The molecule has 1 aliphatic carbocycles. The zero-order valence-corrected chi connectivity index (χ0v) is 16.0. The molecule has 4 rings (SSSR count). The van der Waals surface area contributed by atoms with Crippen LogP contribution in [0.25, 0.3) is 5.78 Å². The van der Waals surface area contributed by atoms with Crippen LogP contribution < -0.4 is 5.32 Å². The molecule has 0 bridgehead atoms. The van der Waals surface area contributed by atoms with Crippen molar-refractivity contribution in [1.82, 2.24) is 19.6 Å². The standard InChI is InChI=1S/C19H21N5OS/c1-11-16(12(2)24-18(20-11)22-19(23-24)26-3)10-17(25)21-15-8-7-13-5-4-6-14(13)9-15/h7-9H,4-6,10H2,1-3H3,(H,21,25). The van der Waals surface area contributed by atoms with Gasteiger partial charge in [0, 0.05) is 22.6 Å². The molecule has 0 saturated heterocycles. The van der Waals surface area contributed by atoms with Crippen LogP contribution in [0.15, 0.2) is 23.4 Å². The van der Waals surface area contributed by atoms with Crippen molar-refractivity contribution in [3.8, 4) is 0 Å². The van der Waals surface area contributed by atoms with Gasteiger partial charge >= 0.3 is 0 Å². The topological polar surface area (TPSA) is 72.2 Å². The van der Waals surface area contributed by atoms with Gasteiger partial charge in [-0.1, -0.05) is 17.8 Å². The Hall–Kier alpha value is -2.41. The molecule has 7 heteroatoms. The SMILES string of the molecule is CSc1nc2nc(C)c(CC(=O)Nc3ccc4c(c3)CCC4)c(C)n2n1. The number of carbonyl (C=O) groups excluding carboxylic acids is 1. The molecule has 0 atom stereocenters. The largest absolute Gasteiger partial charge is 0.326 e. The Bertz CT molecular complexity index is 1010. The number of hydrogen-bond acceptors (Lipinski definition) is 5. The van der Waals surface area contributed by atoms with Crippen molar-refractivity contribution in [2.45, 2.75) is 44.7 Å². The van der Waals surface area contributed by atoms with E-state index in [4.69, 9.17) is 0 Å². The molecular formula is C19H21N5OS. The average Bonchev–Trinajstić information content (AvgIpc) is 3.24. The lowest BCUT2D eigenvalue weighted by molar-refractivity contribution is -0.115. The maximum atomic E-state index is 12.6. The minimum Gasteiger partial charge on any atom is -0.326 e. The summed E-state index contributed by atoms with van der Waals surface area (Å²) in [5, 5.41) is 8.14. The Balaban J connectivity index is 1.57. The molecule has 6 nitrogen and oxygen atoms in total. The molecule has 1 amide bonds. The second-order valence-electron chi connectivity index (χ2n) is 6.63. The summed E-state index contributed by atoms with van der Waals surface area (Å²) in [6, 6.07) is 6.22. The van der Waals surface area contributed by atoms with Gasteiger partial charge in [0.25, 0.3) is 5.78 Å². The quantitative estimate of drug-likeness (QED) is 0.717. The minimum atomic E-state index is -0.0412. The summed E-state index contributed by atoms with van der Waals surface area (Å²) in [7, 11) is 0. The van der Waals surface area contributed by atoms with E-state index in [1.54, 1.807) is 4.52 Å². The van der Waals surface area contributed by atoms with Crippen LogP contribution in [0.4, 0.5) is 5.69 Å². The number of carbonyl (C=O) groups is 1. The smallest absolute Gasteiger partial charge is 0.253 e. The molecule has 0 fully saturated rings. The summed E-state index contributed by atoms with van der Waals surface area (Å²) in [4.78, 5) is 21.5. The number of thioether (sulfide) groups is 1. The van der Waals surface area contributed by atoms with Crippen LogP contribution in [0, 0.1) is 13.8 Å². The fraction of sp³-hybridized carbons (Fsp3) is 0.368.